The van der Waals surface area contributed by atoms with Crippen molar-refractivity contribution in [1.29, 1.82) is 0 Å². The fraction of sp³-hybridized carbons (Fsp3) is 0.304. The maximum Gasteiger partial charge on any atom is 0.333 e. The Morgan fingerprint density at radius 2 is 1.73 bits per heavy atom. The van der Waals surface area contributed by atoms with Crippen molar-refractivity contribution in [3.63, 3.8) is 0 Å². The quantitative estimate of drug-likeness (QED) is 0.571. The molecule has 1 unspecified atom stereocenters. The molecule has 7 heteroatoms. The minimum Gasteiger partial charge on any atom is -0.467 e. The SMILES string of the molecule is COC(=O)C(NC(=O)CCc1nc(-c2ccc(C(C)C)cc2)no1)c1ccccc1. The van der Waals surface area contributed by atoms with Crippen LogP contribution in [0.4, 0.5) is 0 Å². The smallest absolute Gasteiger partial charge is 0.333 e. The van der Waals surface area contributed by atoms with E-state index in [4.69, 9.17) is 9.26 Å². The minimum atomic E-state index is -0.860. The maximum atomic E-state index is 12.4. The van der Waals surface area contributed by atoms with Crippen molar-refractivity contribution in [3.8, 4) is 11.4 Å². The molecule has 1 N–H and O–H groups in total. The van der Waals surface area contributed by atoms with E-state index in [1.807, 2.05) is 30.3 Å². The molecule has 0 aliphatic heterocycles. The zero-order chi connectivity index (χ0) is 21.5. The molecule has 1 aromatic heterocycles. The molecule has 0 aliphatic rings. The van der Waals surface area contributed by atoms with Gasteiger partial charge in [0.1, 0.15) is 0 Å². The lowest BCUT2D eigenvalue weighted by atomic mass is 10.0. The molecule has 3 aromatic rings. The van der Waals surface area contributed by atoms with Crippen LogP contribution in [0.2, 0.25) is 0 Å². The number of ether oxygens (including phenoxy) is 1. The van der Waals surface area contributed by atoms with Gasteiger partial charge in [-0.2, -0.15) is 4.98 Å². The highest BCUT2D eigenvalue weighted by atomic mass is 16.5. The van der Waals surface area contributed by atoms with Crippen molar-refractivity contribution in [3.05, 3.63) is 71.6 Å². The van der Waals surface area contributed by atoms with Crippen LogP contribution in [0.15, 0.2) is 59.1 Å². The van der Waals surface area contributed by atoms with E-state index in [1.54, 1.807) is 24.3 Å². The standard InChI is InChI=1S/C23H25N3O4/c1-15(2)16-9-11-18(12-10-16)22-25-20(30-26-22)14-13-19(27)24-21(23(28)29-3)17-7-5-4-6-8-17/h4-12,15,21H,13-14H2,1-3H3,(H,24,27). The summed E-state index contributed by atoms with van der Waals surface area (Å²) in [5.74, 6) is 0.456. The first-order valence-corrected chi connectivity index (χ1v) is 9.83. The molecule has 1 atom stereocenters. The molecule has 0 saturated carbocycles. The van der Waals surface area contributed by atoms with Gasteiger partial charge in [0.25, 0.3) is 0 Å². The highest BCUT2D eigenvalue weighted by molar-refractivity contribution is 5.85. The monoisotopic (exact) mass is 407 g/mol. The number of esters is 1. The largest absolute Gasteiger partial charge is 0.467 e. The third kappa shape index (κ3) is 5.31. The van der Waals surface area contributed by atoms with Gasteiger partial charge in [0.05, 0.1) is 7.11 Å². The number of nitrogens with one attached hydrogen (secondary N) is 1. The number of nitrogens with zero attached hydrogens (tertiary/aromatic N) is 2. The van der Waals surface area contributed by atoms with Crippen LogP contribution in [-0.2, 0) is 20.7 Å². The third-order valence-electron chi connectivity index (χ3n) is 4.74. The molecule has 0 saturated heterocycles. The third-order valence-corrected chi connectivity index (χ3v) is 4.74. The molecule has 0 spiro atoms. The van der Waals surface area contributed by atoms with Gasteiger partial charge in [0.2, 0.25) is 17.6 Å². The van der Waals surface area contributed by atoms with Crippen LogP contribution in [0, 0.1) is 0 Å². The second-order valence-electron chi connectivity index (χ2n) is 7.22. The molecule has 0 radical (unpaired) electrons. The highest BCUT2D eigenvalue weighted by Crippen LogP contribution is 2.21. The van der Waals surface area contributed by atoms with Gasteiger partial charge in [0, 0.05) is 18.4 Å². The number of rotatable bonds is 8. The predicted molar refractivity (Wildman–Crippen MR) is 111 cm³/mol. The summed E-state index contributed by atoms with van der Waals surface area (Å²) in [7, 11) is 1.29. The number of aryl methyl sites for hydroxylation is 1. The summed E-state index contributed by atoms with van der Waals surface area (Å²) in [4.78, 5) is 28.8. The Morgan fingerprint density at radius 3 is 2.37 bits per heavy atom. The van der Waals surface area contributed by atoms with E-state index in [1.165, 1.54) is 12.7 Å². The molecule has 0 bridgehead atoms. The van der Waals surface area contributed by atoms with Crippen molar-refractivity contribution in [2.24, 2.45) is 0 Å². The average Bonchev–Trinajstić information content (AvgIpc) is 3.25. The van der Waals surface area contributed by atoms with E-state index in [0.717, 1.165) is 5.56 Å². The zero-order valence-corrected chi connectivity index (χ0v) is 17.3. The van der Waals surface area contributed by atoms with Crippen molar-refractivity contribution in [2.45, 2.75) is 38.6 Å². The van der Waals surface area contributed by atoms with Crippen LogP contribution in [-0.4, -0.2) is 29.1 Å². The molecule has 7 nitrogen and oxygen atoms in total. The minimum absolute atomic E-state index is 0.105. The van der Waals surface area contributed by atoms with Crippen LogP contribution in [0.5, 0.6) is 0 Å². The van der Waals surface area contributed by atoms with Crippen molar-refractivity contribution >= 4 is 11.9 Å². The molecule has 156 valence electrons. The molecule has 3 rings (SSSR count). The topological polar surface area (TPSA) is 94.3 Å². The number of carbonyl (C=O) groups is 2. The van der Waals surface area contributed by atoms with Crippen molar-refractivity contribution in [2.75, 3.05) is 7.11 Å². The number of amides is 1. The fourth-order valence-electron chi connectivity index (χ4n) is 2.99. The molecule has 1 heterocycles. The van der Waals surface area contributed by atoms with Crippen LogP contribution in [0.3, 0.4) is 0 Å². The Hall–Kier alpha value is -3.48. The predicted octanol–water partition coefficient (Wildman–Crippen LogP) is 3.82. The summed E-state index contributed by atoms with van der Waals surface area (Å²) >= 11 is 0. The van der Waals surface area contributed by atoms with Gasteiger partial charge >= 0.3 is 5.97 Å². The normalized spacial score (nSPS) is 11.9. The Bertz CT molecular complexity index is 981. The fourth-order valence-corrected chi connectivity index (χ4v) is 2.99. The molecule has 0 aliphatic carbocycles. The van der Waals surface area contributed by atoms with Crippen LogP contribution in [0.25, 0.3) is 11.4 Å². The number of methoxy groups -OCH3 is 1. The van der Waals surface area contributed by atoms with Crippen molar-refractivity contribution in [1.82, 2.24) is 15.5 Å². The number of aromatic nitrogens is 2. The average molecular weight is 407 g/mol. The van der Waals surface area contributed by atoms with Crippen molar-refractivity contribution < 1.29 is 18.8 Å². The van der Waals surface area contributed by atoms with E-state index in [9.17, 15) is 9.59 Å². The van der Waals surface area contributed by atoms with Gasteiger partial charge < -0.3 is 14.6 Å². The first kappa shape index (κ1) is 21.2. The summed E-state index contributed by atoms with van der Waals surface area (Å²) in [5.41, 5.74) is 2.74. The maximum absolute atomic E-state index is 12.4. The van der Waals surface area contributed by atoms with Gasteiger partial charge in [-0.15, -0.1) is 0 Å². The molecule has 1 amide bonds. The Balaban J connectivity index is 1.60. The highest BCUT2D eigenvalue weighted by Gasteiger charge is 2.23. The van der Waals surface area contributed by atoms with E-state index in [2.05, 4.69) is 29.3 Å². The summed E-state index contributed by atoms with van der Waals surface area (Å²) < 4.78 is 10.1. The van der Waals surface area contributed by atoms with Crippen LogP contribution in [0.1, 0.15) is 49.2 Å². The summed E-state index contributed by atoms with van der Waals surface area (Å²) in [5, 5.41) is 6.70. The van der Waals surface area contributed by atoms with Gasteiger partial charge in [-0.1, -0.05) is 73.6 Å². The van der Waals surface area contributed by atoms with E-state index >= 15 is 0 Å². The van der Waals surface area contributed by atoms with Crippen LogP contribution >= 0.6 is 0 Å². The number of hydrogen-bond donors (Lipinski definition) is 1. The Labute approximate surface area is 175 Å². The van der Waals surface area contributed by atoms with E-state index in [0.29, 0.717) is 23.2 Å². The Kier molecular flexibility index (Phi) is 6.95. The lowest BCUT2D eigenvalue weighted by molar-refractivity contribution is -0.145. The second-order valence-corrected chi connectivity index (χ2v) is 7.22. The van der Waals surface area contributed by atoms with E-state index < -0.39 is 12.0 Å². The van der Waals surface area contributed by atoms with Crippen LogP contribution < -0.4 is 5.32 Å². The second kappa shape index (κ2) is 9.82. The summed E-state index contributed by atoms with van der Waals surface area (Å²) in [6.07, 6.45) is 0.375. The van der Waals surface area contributed by atoms with Gasteiger partial charge in [0.15, 0.2) is 6.04 Å². The summed E-state index contributed by atoms with van der Waals surface area (Å²) in [6.45, 7) is 4.27. The number of benzene rings is 2. The molecule has 30 heavy (non-hydrogen) atoms. The molecular weight excluding hydrogens is 382 g/mol. The number of hydrogen-bond acceptors (Lipinski definition) is 6. The first-order valence-electron chi connectivity index (χ1n) is 9.83. The van der Waals surface area contributed by atoms with Gasteiger partial charge in [-0.3, -0.25) is 4.79 Å². The first-order chi connectivity index (χ1) is 14.5. The zero-order valence-electron chi connectivity index (χ0n) is 17.3. The molecule has 2 aromatic carbocycles. The van der Waals surface area contributed by atoms with Gasteiger partial charge in [-0.05, 0) is 17.0 Å². The Morgan fingerprint density at radius 1 is 1.03 bits per heavy atom. The van der Waals surface area contributed by atoms with E-state index in [-0.39, 0.29) is 18.7 Å². The molecule has 0 fully saturated rings. The lowest BCUT2D eigenvalue weighted by Gasteiger charge is -2.16. The molecular formula is C23H25N3O4. The number of carbonyl (C=O) groups excluding carboxylic acids is 2. The lowest BCUT2D eigenvalue weighted by Crippen LogP contribution is -2.34. The summed E-state index contributed by atoms with van der Waals surface area (Å²) in [6, 6.07) is 16.1. The van der Waals surface area contributed by atoms with Gasteiger partial charge in [-0.25, -0.2) is 4.79 Å².